The van der Waals surface area contributed by atoms with E-state index < -0.39 is 17.8 Å². The van der Waals surface area contributed by atoms with Gasteiger partial charge in [0, 0.05) is 0 Å². The minimum atomic E-state index is -0.851. The van der Waals surface area contributed by atoms with Crippen molar-refractivity contribution in [1.82, 2.24) is 0 Å². The molecule has 1 aromatic carbocycles. The van der Waals surface area contributed by atoms with E-state index in [0.717, 1.165) is 11.1 Å². The molecular weight excluding hydrogens is 420 g/mol. The summed E-state index contributed by atoms with van der Waals surface area (Å²) in [7, 11) is 0. The van der Waals surface area contributed by atoms with Crippen molar-refractivity contribution in [1.29, 1.82) is 0 Å². The SMILES string of the molecule is C[C@H](/C=C/c1ccccc1C(C)(C)O)[C@H]1CC[C@H]2/C(=C/C=C3C[C@@H](O)C[C@H](O)C3)CCC[C@]12C. The van der Waals surface area contributed by atoms with E-state index in [0.29, 0.717) is 42.4 Å². The van der Waals surface area contributed by atoms with Crippen molar-refractivity contribution in [2.24, 2.45) is 23.2 Å². The Bertz CT molecular complexity index is 938. The zero-order valence-electron chi connectivity index (χ0n) is 21.5. The maximum absolute atomic E-state index is 10.6. The van der Waals surface area contributed by atoms with Crippen molar-refractivity contribution < 1.29 is 15.3 Å². The Morgan fingerprint density at radius 2 is 1.76 bits per heavy atom. The second-order valence-corrected chi connectivity index (χ2v) is 12.0. The fourth-order valence-electron chi connectivity index (χ4n) is 7.26. The third kappa shape index (κ3) is 5.42. The molecule has 34 heavy (non-hydrogen) atoms. The van der Waals surface area contributed by atoms with E-state index in [-0.39, 0.29) is 0 Å². The molecule has 0 heterocycles. The second kappa shape index (κ2) is 10.1. The Balaban J connectivity index is 1.50. The van der Waals surface area contributed by atoms with Crippen LogP contribution in [0.4, 0.5) is 0 Å². The first-order chi connectivity index (χ1) is 16.1. The van der Waals surface area contributed by atoms with E-state index in [1.807, 2.05) is 32.0 Å². The fourth-order valence-corrected chi connectivity index (χ4v) is 7.26. The van der Waals surface area contributed by atoms with Crippen LogP contribution in [0.15, 0.2) is 53.6 Å². The van der Waals surface area contributed by atoms with Crippen LogP contribution in [0.2, 0.25) is 0 Å². The number of aliphatic hydroxyl groups excluding tert-OH is 2. The lowest BCUT2D eigenvalue weighted by Gasteiger charge is -2.44. The number of rotatable bonds is 5. The maximum Gasteiger partial charge on any atom is 0.0846 e. The molecule has 3 N–H and O–H groups in total. The predicted octanol–water partition coefficient (Wildman–Crippen LogP) is 6.54. The van der Waals surface area contributed by atoms with E-state index in [1.165, 1.54) is 37.7 Å². The van der Waals surface area contributed by atoms with Crippen LogP contribution < -0.4 is 0 Å². The highest BCUT2D eigenvalue weighted by molar-refractivity contribution is 5.55. The van der Waals surface area contributed by atoms with Crippen molar-refractivity contribution in [3.8, 4) is 0 Å². The van der Waals surface area contributed by atoms with Crippen LogP contribution in [0.5, 0.6) is 0 Å². The van der Waals surface area contributed by atoms with Crippen molar-refractivity contribution in [3.63, 3.8) is 0 Å². The zero-order valence-corrected chi connectivity index (χ0v) is 21.5. The normalized spacial score (nSPS) is 34.4. The first-order valence-electron chi connectivity index (χ1n) is 13.3. The Morgan fingerprint density at radius 3 is 2.47 bits per heavy atom. The highest BCUT2D eigenvalue weighted by atomic mass is 16.3. The monoisotopic (exact) mass is 464 g/mol. The molecule has 0 saturated heterocycles. The molecule has 3 aliphatic rings. The zero-order chi connectivity index (χ0) is 24.5. The van der Waals surface area contributed by atoms with Gasteiger partial charge in [0.15, 0.2) is 0 Å². The molecule has 0 radical (unpaired) electrons. The number of allylic oxidation sites excluding steroid dienone is 4. The topological polar surface area (TPSA) is 60.7 Å². The Hall–Kier alpha value is -1.68. The first-order valence-corrected chi connectivity index (χ1v) is 13.3. The second-order valence-electron chi connectivity index (χ2n) is 12.0. The van der Waals surface area contributed by atoms with Crippen molar-refractivity contribution >= 4 is 6.08 Å². The van der Waals surface area contributed by atoms with Gasteiger partial charge in [0.05, 0.1) is 17.8 Å². The molecule has 0 bridgehead atoms. The third-order valence-electron chi connectivity index (χ3n) is 8.94. The molecule has 6 atom stereocenters. The summed E-state index contributed by atoms with van der Waals surface area (Å²) in [5, 5.41) is 30.6. The minimum Gasteiger partial charge on any atom is -0.393 e. The number of hydrogen-bond acceptors (Lipinski definition) is 3. The number of fused-ring (bicyclic) bond motifs is 1. The summed E-state index contributed by atoms with van der Waals surface area (Å²) in [6, 6.07) is 8.16. The summed E-state index contributed by atoms with van der Waals surface area (Å²) in [6.07, 6.45) is 16.4. The molecule has 0 amide bonds. The van der Waals surface area contributed by atoms with E-state index in [4.69, 9.17) is 0 Å². The van der Waals surface area contributed by atoms with Gasteiger partial charge in [-0.05, 0) is 99.5 Å². The lowest BCUT2D eigenvalue weighted by Crippen LogP contribution is -2.35. The first kappa shape index (κ1) is 25.4. The van der Waals surface area contributed by atoms with Crippen LogP contribution in [0, 0.1) is 23.2 Å². The largest absolute Gasteiger partial charge is 0.393 e. The molecule has 1 aromatic rings. The number of benzene rings is 1. The highest BCUT2D eigenvalue weighted by Gasteiger charge is 2.50. The van der Waals surface area contributed by atoms with Gasteiger partial charge in [-0.1, -0.05) is 73.6 Å². The molecule has 186 valence electrons. The van der Waals surface area contributed by atoms with Crippen molar-refractivity contribution in [2.45, 2.75) is 96.9 Å². The molecule has 3 nitrogen and oxygen atoms in total. The standard InChI is InChI=1S/C31H44O3/c1-21(11-13-23-8-5-6-10-28(23)30(2,3)34)27-15-16-29-24(9-7-17-31(27,29)4)14-12-22-18-25(32)20-26(33)19-22/h5-6,8,10-14,21,25-27,29,32-34H,7,9,15-20H2,1-4H3/b13-11+,24-14+/t21-,25-,26-,27-,29+,31-/m1/s1. The lowest BCUT2D eigenvalue weighted by atomic mass is 9.61. The van der Waals surface area contributed by atoms with Crippen LogP contribution >= 0.6 is 0 Å². The molecule has 4 rings (SSSR count). The minimum absolute atomic E-state index is 0.313. The smallest absolute Gasteiger partial charge is 0.0846 e. The molecule has 0 spiro atoms. The lowest BCUT2D eigenvalue weighted by molar-refractivity contribution is 0.0609. The predicted molar refractivity (Wildman–Crippen MR) is 140 cm³/mol. The van der Waals surface area contributed by atoms with Gasteiger partial charge < -0.3 is 15.3 Å². The van der Waals surface area contributed by atoms with Crippen LogP contribution in [-0.2, 0) is 5.60 Å². The summed E-state index contributed by atoms with van der Waals surface area (Å²) in [5.74, 6) is 1.75. The molecule has 3 aliphatic carbocycles. The summed E-state index contributed by atoms with van der Waals surface area (Å²) < 4.78 is 0. The van der Waals surface area contributed by atoms with Crippen LogP contribution in [0.1, 0.15) is 90.2 Å². The quantitative estimate of drug-likeness (QED) is 0.464. The Morgan fingerprint density at radius 1 is 1.06 bits per heavy atom. The third-order valence-corrected chi connectivity index (χ3v) is 8.94. The van der Waals surface area contributed by atoms with Crippen LogP contribution in [-0.4, -0.2) is 27.5 Å². The van der Waals surface area contributed by atoms with Crippen LogP contribution in [0.25, 0.3) is 6.08 Å². The van der Waals surface area contributed by atoms with Gasteiger partial charge in [0.25, 0.3) is 0 Å². The van der Waals surface area contributed by atoms with Gasteiger partial charge in [-0.3, -0.25) is 0 Å². The van der Waals surface area contributed by atoms with Crippen molar-refractivity contribution in [3.05, 3.63) is 64.8 Å². The maximum atomic E-state index is 10.6. The van der Waals surface area contributed by atoms with Gasteiger partial charge in [-0.15, -0.1) is 0 Å². The van der Waals surface area contributed by atoms with E-state index in [9.17, 15) is 15.3 Å². The molecule has 3 heteroatoms. The fraction of sp³-hybridized carbons (Fsp3) is 0.613. The van der Waals surface area contributed by atoms with E-state index in [1.54, 1.807) is 5.57 Å². The summed E-state index contributed by atoms with van der Waals surface area (Å²) in [4.78, 5) is 0. The molecule has 3 fully saturated rings. The van der Waals surface area contributed by atoms with Gasteiger partial charge in [0.2, 0.25) is 0 Å². The molecule has 0 aliphatic heterocycles. The van der Waals surface area contributed by atoms with E-state index >= 15 is 0 Å². The van der Waals surface area contributed by atoms with Gasteiger partial charge in [-0.2, -0.15) is 0 Å². The number of hydrogen-bond donors (Lipinski definition) is 3. The van der Waals surface area contributed by atoms with Gasteiger partial charge in [0.1, 0.15) is 0 Å². The highest BCUT2D eigenvalue weighted by Crippen LogP contribution is 2.59. The average molecular weight is 465 g/mol. The summed E-state index contributed by atoms with van der Waals surface area (Å²) in [6.45, 7) is 8.59. The molecule has 0 aromatic heterocycles. The van der Waals surface area contributed by atoms with Crippen LogP contribution in [0.3, 0.4) is 0 Å². The van der Waals surface area contributed by atoms with Gasteiger partial charge >= 0.3 is 0 Å². The molecule has 3 saturated carbocycles. The Kier molecular flexibility index (Phi) is 7.57. The van der Waals surface area contributed by atoms with E-state index in [2.05, 4.69) is 44.2 Å². The summed E-state index contributed by atoms with van der Waals surface area (Å²) in [5.41, 5.74) is 4.30. The Labute approximate surface area is 206 Å². The number of aliphatic hydroxyl groups is 3. The summed E-state index contributed by atoms with van der Waals surface area (Å²) >= 11 is 0. The molecular formula is C31H44O3. The van der Waals surface area contributed by atoms with Crippen molar-refractivity contribution in [2.75, 3.05) is 0 Å². The van der Waals surface area contributed by atoms with Gasteiger partial charge in [-0.25, -0.2) is 0 Å². The average Bonchev–Trinajstić information content (AvgIpc) is 3.12. The molecule has 0 unspecified atom stereocenters.